The lowest BCUT2D eigenvalue weighted by Crippen LogP contribution is -2.13. The van der Waals surface area contributed by atoms with Gasteiger partial charge in [0, 0.05) is 17.7 Å². The molecule has 1 aromatic heterocycles. The third-order valence-electron chi connectivity index (χ3n) is 2.99. The zero-order valence-corrected chi connectivity index (χ0v) is 10.7. The summed E-state index contributed by atoms with van der Waals surface area (Å²) in [4.78, 5) is 11.8. The van der Waals surface area contributed by atoms with Crippen molar-refractivity contribution >= 4 is 11.7 Å². The fourth-order valence-electron chi connectivity index (χ4n) is 1.70. The van der Waals surface area contributed by atoms with Crippen LogP contribution in [-0.2, 0) is 11.2 Å². The Balaban J connectivity index is 1.88. The third kappa shape index (κ3) is 2.97. The maximum atomic E-state index is 11.8. The summed E-state index contributed by atoms with van der Waals surface area (Å²) in [5, 5.41) is 9.72. The first-order valence-electron chi connectivity index (χ1n) is 6.02. The van der Waals surface area contributed by atoms with Crippen LogP contribution in [-0.4, -0.2) is 16.1 Å². The molecule has 0 fully saturated rings. The number of aromatic nitrogens is 2. The molecular formula is C14H17N3O. The first-order valence-corrected chi connectivity index (χ1v) is 6.02. The van der Waals surface area contributed by atoms with Crippen molar-refractivity contribution in [2.24, 2.45) is 0 Å². The molecule has 0 atom stereocenters. The second kappa shape index (κ2) is 5.49. The molecule has 0 unspecified atom stereocenters. The van der Waals surface area contributed by atoms with Crippen LogP contribution in [0.4, 0.5) is 5.82 Å². The minimum Gasteiger partial charge on any atom is -0.309 e. The van der Waals surface area contributed by atoms with Crippen LogP contribution >= 0.6 is 0 Å². The van der Waals surface area contributed by atoms with Gasteiger partial charge in [-0.1, -0.05) is 30.3 Å². The van der Waals surface area contributed by atoms with Crippen molar-refractivity contribution in [1.82, 2.24) is 10.2 Å². The van der Waals surface area contributed by atoms with E-state index in [9.17, 15) is 4.79 Å². The Kier molecular flexibility index (Phi) is 3.77. The third-order valence-corrected chi connectivity index (χ3v) is 2.99. The Morgan fingerprint density at radius 2 is 2.00 bits per heavy atom. The van der Waals surface area contributed by atoms with Gasteiger partial charge in [0.15, 0.2) is 5.82 Å². The molecule has 2 rings (SSSR count). The maximum absolute atomic E-state index is 11.8. The molecule has 18 heavy (non-hydrogen) atoms. The number of carbonyl (C=O) groups excluding carboxylic acids is 1. The Hall–Kier alpha value is -2.10. The van der Waals surface area contributed by atoms with Gasteiger partial charge in [0.2, 0.25) is 5.91 Å². The molecule has 1 heterocycles. The van der Waals surface area contributed by atoms with Crippen LogP contribution in [0.15, 0.2) is 30.3 Å². The lowest BCUT2D eigenvalue weighted by molar-refractivity contribution is -0.116. The van der Waals surface area contributed by atoms with Crippen LogP contribution in [0.25, 0.3) is 0 Å². The lowest BCUT2D eigenvalue weighted by Gasteiger charge is -2.03. The van der Waals surface area contributed by atoms with E-state index in [0.717, 1.165) is 17.7 Å². The highest BCUT2D eigenvalue weighted by molar-refractivity contribution is 5.90. The van der Waals surface area contributed by atoms with Gasteiger partial charge in [0.05, 0.1) is 0 Å². The second-order valence-electron chi connectivity index (χ2n) is 4.36. The predicted octanol–water partition coefficient (Wildman–Crippen LogP) is 2.60. The van der Waals surface area contributed by atoms with Crippen molar-refractivity contribution in [3.8, 4) is 0 Å². The Morgan fingerprint density at radius 3 is 2.61 bits per heavy atom. The van der Waals surface area contributed by atoms with E-state index < -0.39 is 0 Å². The van der Waals surface area contributed by atoms with Gasteiger partial charge >= 0.3 is 0 Å². The fourth-order valence-corrected chi connectivity index (χ4v) is 1.70. The Bertz CT molecular complexity index is 531. The molecule has 94 valence electrons. The standard InChI is InChI=1S/C14H17N3O/c1-10-11(2)16-17-14(10)15-13(18)9-8-12-6-4-3-5-7-12/h3-7H,8-9H2,1-2H3,(H2,15,16,17,18). The highest BCUT2D eigenvalue weighted by Gasteiger charge is 2.09. The highest BCUT2D eigenvalue weighted by Crippen LogP contribution is 2.14. The van der Waals surface area contributed by atoms with Crippen LogP contribution in [0.1, 0.15) is 23.2 Å². The minimum absolute atomic E-state index is 0.00606. The minimum atomic E-state index is -0.00606. The number of hydrogen-bond acceptors (Lipinski definition) is 2. The largest absolute Gasteiger partial charge is 0.309 e. The van der Waals surface area contributed by atoms with Crippen molar-refractivity contribution in [2.75, 3.05) is 5.32 Å². The molecule has 0 aliphatic heterocycles. The summed E-state index contributed by atoms with van der Waals surface area (Å²) in [5.41, 5.74) is 3.14. The SMILES string of the molecule is Cc1[nH]nc(NC(=O)CCc2ccccc2)c1C. The number of nitrogens with one attached hydrogen (secondary N) is 2. The van der Waals surface area contributed by atoms with Gasteiger partial charge in [0.1, 0.15) is 0 Å². The van der Waals surface area contributed by atoms with E-state index in [2.05, 4.69) is 15.5 Å². The summed E-state index contributed by atoms with van der Waals surface area (Å²) in [6.45, 7) is 3.87. The van der Waals surface area contributed by atoms with E-state index in [4.69, 9.17) is 0 Å². The smallest absolute Gasteiger partial charge is 0.225 e. The number of H-pyrrole nitrogens is 1. The predicted molar refractivity (Wildman–Crippen MR) is 71.5 cm³/mol. The lowest BCUT2D eigenvalue weighted by atomic mass is 10.1. The summed E-state index contributed by atoms with van der Waals surface area (Å²) in [6, 6.07) is 9.98. The molecule has 1 amide bonds. The van der Waals surface area contributed by atoms with E-state index in [0.29, 0.717) is 12.2 Å². The molecule has 0 saturated carbocycles. The van der Waals surface area contributed by atoms with Crippen molar-refractivity contribution in [3.05, 3.63) is 47.2 Å². The van der Waals surface area contributed by atoms with Gasteiger partial charge in [-0.3, -0.25) is 9.89 Å². The number of carbonyl (C=O) groups is 1. The van der Waals surface area contributed by atoms with E-state index in [1.54, 1.807) is 0 Å². The van der Waals surface area contributed by atoms with Gasteiger partial charge in [0.25, 0.3) is 0 Å². The molecule has 1 aromatic carbocycles. The van der Waals surface area contributed by atoms with Gasteiger partial charge in [-0.15, -0.1) is 0 Å². The zero-order chi connectivity index (χ0) is 13.0. The molecule has 2 N–H and O–H groups in total. The molecule has 0 aliphatic rings. The number of anilines is 1. The fraction of sp³-hybridized carbons (Fsp3) is 0.286. The van der Waals surface area contributed by atoms with Crippen LogP contribution in [0.5, 0.6) is 0 Å². The molecule has 2 aromatic rings. The molecule has 0 saturated heterocycles. The van der Waals surface area contributed by atoms with Gasteiger partial charge in [-0.2, -0.15) is 5.10 Å². The van der Waals surface area contributed by atoms with Crippen molar-refractivity contribution in [1.29, 1.82) is 0 Å². The zero-order valence-electron chi connectivity index (χ0n) is 10.7. The molecule has 4 heteroatoms. The monoisotopic (exact) mass is 243 g/mol. The number of aryl methyl sites for hydroxylation is 2. The summed E-state index contributed by atoms with van der Waals surface area (Å²) >= 11 is 0. The quantitative estimate of drug-likeness (QED) is 0.867. The van der Waals surface area contributed by atoms with E-state index in [1.165, 1.54) is 5.56 Å². The number of benzene rings is 1. The van der Waals surface area contributed by atoms with Crippen LogP contribution in [0.2, 0.25) is 0 Å². The average molecular weight is 243 g/mol. The summed E-state index contributed by atoms with van der Waals surface area (Å²) in [5.74, 6) is 0.624. The number of amides is 1. The van der Waals surface area contributed by atoms with Gasteiger partial charge < -0.3 is 5.32 Å². The summed E-state index contributed by atoms with van der Waals surface area (Å²) < 4.78 is 0. The summed E-state index contributed by atoms with van der Waals surface area (Å²) in [6.07, 6.45) is 1.21. The van der Waals surface area contributed by atoms with Crippen LogP contribution in [0.3, 0.4) is 0 Å². The van der Waals surface area contributed by atoms with E-state index in [1.807, 2.05) is 44.2 Å². The summed E-state index contributed by atoms with van der Waals surface area (Å²) in [7, 11) is 0. The first kappa shape index (κ1) is 12.4. The van der Waals surface area contributed by atoms with Crippen molar-refractivity contribution in [3.63, 3.8) is 0 Å². The molecule has 4 nitrogen and oxygen atoms in total. The molecular weight excluding hydrogens is 226 g/mol. The van der Waals surface area contributed by atoms with Crippen molar-refractivity contribution < 1.29 is 4.79 Å². The molecule has 0 spiro atoms. The molecule has 0 radical (unpaired) electrons. The van der Waals surface area contributed by atoms with Crippen LogP contribution < -0.4 is 5.32 Å². The van der Waals surface area contributed by atoms with Crippen molar-refractivity contribution in [2.45, 2.75) is 26.7 Å². The topological polar surface area (TPSA) is 57.8 Å². The Morgan fingerprint density at radius 1 is 1.28 bits per heavy atom. The van der Waals surface area contributed by atoms with E-state index in [-0.39, 0.29) is 5.91 Å². The number of aromatic amines is 1. The molecule has 0 bridgehead atoms. The van der Waals surface area contributed by atoms with E-state index >= 15 is 0 Å². The average Bonchev–Trinajstić information content (AvgIpc) is 2.70. The highest BCUT2D eigenvalue weighted by atomic mass is 16.1. The number of rotatable bonds is 4. The van der Waals surface area contributed by atoms with Gasteiger partial charge in [-0.05, 0) is 25.8 Å². The molecule has 0 aliphatic carbocycles. The number of nitrogens with zero attached hydrogens (tertiary/aromatic N) is 1. The first-order chi connectivity index (χ1) is 8.66. The maximum Gasteiger partial charge on any atom is 0.225 e. The normalized spacial score (nSPS) is 10.3. The Labute approximate surface area is 106 Å². The second-order valence-corrected chi connectivity index (χ2v) is 4.36. The van der Waals surface area contributed by atoms with Crippen LogP contribution in [0, 0.1) is 13.8 Å². The number of hydrogen-bond donors (Lipinski definition) is 2. The van der Waals surface area contributed by atoms with Gasteiger partial charge in [-0.25, -0.2) is 0 Å².